The smallest absolute Gasteiger partial charge is 0.214 e. The number of pyridine rings is 1. The van der Waals surface area contributed by atoms with Crippen LogP contribution in [0.15, 0.2) is 41.3 Å². The number of allylic oxidation sites excluding steroid dienone is 2. The van der Waals surface area contributed by atoms with Gasteiger partial charge in [-0.25, -0.2) is 13.8 Å². The Kier molecular flexibility index (Phi) is 4.61. The minimum atomic E-state index is -1.51. The number of hydrogen-bond acceptors (Lipinski definition) is 3. The highest BCUT2D eigenvalue weighted by atomic mass is 19.1. The summed E-state index contributed by atoms with van der Waals surface area (Å²) in [5.41, 5.74) is 1.82. The molecule has 0 aliphatic heterocycles. The molecule has 2 atom stereocenters. The van der Waals surface area contributed by atoms with Crippen molar-refractivity contribution in [1.82, 2.24) is 4.98 Å². The maximum absolute atomic E-state index is 13.6. The zero-order chi connectivity index (χ0) is 14.5. The molecule has 0 N–H and O–H groups in total. The number of ether oxygens (including phenoxy) is 1. The Morgan fingerprint density at radius 3 is 2.95 bits per heavy atom. The van der Waals surface area contributed by atoms with Gasteiger partial charge in [-0.1, -0.05) is 0 Å². The fraction of sp³-hybridized carbons (Fsp3) is 0.333. The Morgan fingerprint density at radius 1 is 1.50 bits per heavy atom. The monoisotopic (exact) mass is 278 g/mol. The van der Waals surface area contributed by atoms with E-state index in [4.69, 9.17) is 4.74 Å². The summed E-state index contributed by atoms with van der Waals surface area (Å²) in [5.74, 6) is -0.281. The third kappa shape index (κ3) is 3.50. The molecule has 3 nitrogen and oxygen atoms in total. The highest BCUT2D eigenvalue weighted by Crippen LogP contribution is 2.21. The maximum Gasteiger partial charge on any atom is 0.214 e. The molecule has 0 bridgehead atoms. The van der Waals surface area contributed by atoms with Crippen molar-refractivity contribution in [1.29, 1.82) is 0 Å². The van der Waals surface area contributed by atoms with Crippen molar-refractivity contribution in [2.24, 2.45) is 4.99 Å². The van der Waals surface area contributed by atoms with E-state index in [-0.39, 0.29) is 0 Å². The Labute approximate surface area is 116 Å². The van der Waals surface area contributed by atoms with Gasteiger partial charge in [-0.15, -0.1) is 0 Å². The molecule has 0 saturated heterocycles. The van der Waals surface area contributed by atoms with E-state index in [1.165, 1.54) is 12.2 Å². The first kappa shape index (κ1) is 14.4. The first-order valence-corrected chi connectivity index (χ1v) is 6.43. The molecule has 20 heavy (non-hydrogen) atoms. The van der Waals surface area contributed by atoms with E-state index in [1.807, 2.05) is 13.8 Å². The lowest BCUT2D eigenvalue weighted by molar-refractivity contribution is 0.156. The number of aryl methyl sites for hydroxylation is 1. The van der Waals surface area contributed by atoms with E-state index in [0.717, 1.165) is 17.2 Å². The van der Waals surface area contributed by atoms with Crippen molar-refractivity contribution in [2.75, 3.05) is 6.54 Å². The normalized spacial score (nSPS) is 22.1. The topological polar surface area (TPSA) is 34.5 Å². The predicted molar refractivity (Wildman–Crippen MR) is 74.8 cm³/mol. The van der Waals surface area contributed by atoms with Gasteiger partial charge in [0.25, 0.3) is 0 Å². The Bertz CT molecular complexity index is 567. The summed E-state index contributed by atoms with van der Waals surface area (Å²) in [7, 11) is 0. The third-order valence-corrected chi connectivity index (χ3v) is 2.87. The molecule has 1 aliphatic carbocycles. The van der Waals surface area contributed by atoms with Crippen LogP contribution in [0.2, 0.25) is 0 Å². The van der Waals surface area contributed by atoms with Crippen molar-refractivity contribution < 1.29 is 13.5 Å². The van der Waals surface area contributed by atoms with Crippen LogP contribution in [0, 0.1) is 6.92 Å². The van der Waals surface area contributed by atoms with Crippen molar-refractivity contribution in [3.8, 4) is 5.88 Å². The molecular weight excluding hydrogens is 262 g/mol. The third-order valence-electron chi connectivity index (χ3n) is 2.87. The second-order valence-electron chi connectivity index (χ2n) is 4.44. The zero-order valence-corrected chi connectivity index (χ0v) is 11.4. The standard InChI is InChI=1S/C15H16F2N2O/c1-3-18-8-11-9-19-15(6-10(11)2)20-14-5-4-12(16)7-13(14)17/h4-9,13-14H,3H2,1-2H3. The van der Waals surface area contributed by atoms with E-state index < -0.39 is 18.1 Å². The summed E-state index contributed by atoms with van der Waals surface area (Å²) >= 11 is 0. The van der Waals surface area contributed by atoms with Crippen LogP contribution in [0.25, 0.3) is 0 Å². The highest BCUT2D eigenvalue weighted by Gasteiger charge is 2.22. The number of hydrogen-bond donors (Lipinski definition) is 0. The summed E-state index contributed by atoms with van der Waals surface area (Å²) in [6.45, 7) is 4.54. The van der Waals surface area contributed by atoms with Gasteiger partial charge in [-0.3, -0.25) is 4.99 Å². The Morgan fingerprint density at radius 2 is 2.30 bits per heavy atom. The lowest BCUT2D eigenvalue weighted by Gasteiger charge is -2.19. The summed E-state index contributed by atoms with van der Waals surface area (Å²) < 4.78 is 31.8. The van der Waals surface area contributed by atoms with Gasteiger partial charge in [-0.2, -0.15) is 0 Å². The van der Waals surface area contributed by atoms with E-state index in [9.17, 15) is 8.78 Å². The van der Waals surface area contributed by atoms with Crippen LogP contribution in [0.5, 0.6) is 5.88 Å². The van der Waals surface area contributed by atoms with E-state index in [1.54, 1.807) is 18.5 Å². The van der Waals surface area contributed by atoms with Gasteiger partial charge in [0.2, 0.25) is 5.88 Å². The molecule has 106 valence electrons. The zero-order valence-electron chi connectivity index (χ0n) is 11.4. The fourth-order valence-corrected chi connectivity index (χ4v) is 1.77. The Balaban J connectivity index is 2.09. The Hall–Kier alpha value is -2.04. The number of aliphatic imine (C=N–C) groups is 1. The lowest BCUT2D eigenvalue weighted by atomic mass is 10.1. The quantitative estimate of drug-likeness (QED) is 0.792. The molecule has 5 heteroatoms. The van der Waals surface area contributed by atoms with Crippen LogP contribution in [-0.4, -0.2) is 30.0 Å². The summed E-state index contributed by atoms with van der Waals surface area (Å²) in [6.07, 6.45) is 4.43. The van der Waals surface area contributed by atoms with Gasteiger partial charge in [-0.05, 0) is 37.6 Å². The molecule has 0 fully saturated rings. The molecule has 1 aliphatic rings. The molecule has 0 amide bonds. The second-order valence-corrected chi connectivity index (χ2v) is 4.44. The number of nitrogens with zero attached hydrogens (tertiary/aromatic N) is 2. The van der Waals surface area contributed by atoms with Crippen LogP contribution >= 0.6 is 0 Å². The molecule has 0 radical (unpaired) electrons. The molecule has 1 aromatic rings. The average molecular weight is 278 g/mol. The fourth-order valence-electron chi connectivity index (χ4n) is 1.77. The van der Waals surface area contributed by atoms with E-state index in [0.29, 0.717) is 12.4 Å². The minimum Gasteiger partial charge on any atom is -0.467 e. The number of halogens is 2. The molecule has 0 saturated carbocycles. The lowest BCUT2D eigenvalue weighted by Crippen LogP contribution is -2.27. The highest BCUT2D eigenvalue weighted by molar-refractivity contribution is 5.81. The van der Waals surface area contributed by atoms with Crippen molar-refractivity contribution >= 4 is 6.21 Å². The molecule has 0 spiro atoms. The van der Waals surface area contributed by atoms with Gasteiger partial charge in [0.15, 0.2) is 12.3 Å². The van der Waals surface area contributed by atoms with Gasteiger partial charge >= 0.3 is 0 Å². The maximum atomic E-state index is 13.6. The van der Waals surface area contributed by atoms with Crippen LogP contribution in [0.4, 0.5) is 8.78 Å². The first-order valence-electron chi connectivity index (χ1n) is 6.43. The van der Waals surface area contributed by atoms with Crippen molar-refractivity contribution in [2.45, 2.75) is 26.1 Å². The van der Waals surface area contributed by atoms with Crippen LogP contribution in [0.1, 0.15) is 18.1 Å². The average Bonchev–Trinajstić information content (AvgIpc) is 2.41. The SMILES string of the molecule is CCN=Cc1cnc(OC2C=CC(F)=CC2F)cc1C. The van der Waals surface area contributed by atoms with Gasteiger partial charge in [0, 0.05) is 30.6 Å². The van der Waals surface area contributed by atoms with Gasteiger partial charge < -0.3 is 4.74 Å². The molecule has 2 rings (SSSR count). The summed E-state index contributed by atoms with van der Waals surface area (Å²) in [4.78, 5) is 8.25. The largest absolute Gasteiger partial charge is 0.467 e. The van der Waals surface area contributed by atoms with Crippen LogP contribution in [-0.2, 0) is 0 Å². The second kappa shape index (κ2) is 6.41. The van der Waals surface area contributed by atoms with Gasteiger partial charge in [0.1, 0.15) is 5.83 Å². The summed E-state index contributed by atoms with van der Waals surface area (Å²) in [5, 5.41) is 0. The molecule has 2 unspecified atom stereocenters. The van der Waals surface area contributed by atoms with E-state index >= 15 is 0 Å². The number of aromatic nitrogens is 1. The molecular formula is C15H16F2N2O. The van der Waals surface area contributed by atoms with Crippen LogP contribution in [0.3, 0.4) is 0 Å². The summed E-state index contributed by atoms with van der Waals surface area (Å²) in [6, 6.07) is 1.71. The molecule has 0 aromatic carbocycles. The van der Waals surface area contributed by atoms with Crippen molar-refractivity contribution in [3.63, 3.8) is 0 Å². The first-order chi connectivity index (χ1) is 9.60. The molecule has 1 heterocycles. The molecule has 1 aromatic heterocycles. The minimum absolute atomic E-state index is 0.309. The van der Waals surface area contributed by atoms with Crippen LogP contribution < -0.4 is 4.74 Å². The number of alkyl halides is 1. The number of rotatable bonds is 4. The predicted octanol–water partition coefficient (Wildman–Crippen LogP) is 3.34. The van der Waals surface area contributed by atoms with E-state index in [2.05, 4.69) is 9.98 Å². The van der Waals surface area contributed by atoms with Crippen molar-refractivity contribution in [3.05, 3.63) is 47.4 Å². The van der Waals surface area contributed by atoms with Gasteiger partial charge in [0.05, 0.1) is 0 Å².